The number of carbonyl (C=O) groups is 1. The molecule has 4 rings (SSSR count). The SMILES string of the molecule is COc1ccc(NC(=O)c2c(C)c(-c3cccc(Cl)c3)nc3c(C)cc(C)cc23)cc1. The van der Waals surface area contributed by atoms with E-state index in [0.717, 1.165) is 44.6 Å². The monoisotopic (exact) mass is 430 g/mol. The summed E-state index contributed by atoms with van der Waals surface area (Å²) in [7, 11) is 1.61. The number of amides is 1. The Bertz CT molecular complexity index is 1300. The first-order valence-electron chi connectivity index (χ1n) is 10.0. The maximum absolute atomic E-state index is 13.5. The van der Waals surface area contributed by atoms with E-state index in [1.54, 1.807) is 7.11 Å². The highest BCUT2D eigenvalue weighted by Crippen LogP contribution is 2.33. The number of methoxy groups -OCH3 is 1. The molecule has 0 saturated carbocycles. The van der Waals surface area contributed by atoms with Crippen LogP contribution in [0.25, 0.3) is 22.2 Å². The van der Waals surface area contributed by atoms with Crippen molar-refractivity contribution in [3.05, 3.63) is 87.9 Å². The Morgan fingerprint density at radius 1 is 1.00 bits per heavy atom. The molecule has 1 heterocycles. The van der Waals surface area contributed by atoms with Gasteiger partial charge in [0.1, 0.15) is 5.75 Å². The number of aromatic nitrogens is 1. The summed E-state index contributed by atoms with van der Waals surface area (Å²) in [6.07, 6.45) is 0. The first-order chi connectivity index (χ1) is 14.9. The van der Waals surface area contributed by atoms with Gasteiger partial charge in [0.15, 0.2) is 0 Å². The zero-order valence-corrected chi connectivity index (χ0v) is 18.7. The van der Waals surface area contributed by atoms with Crippen molar-refractivity contribution in [3.63, 3.8) is 0 Å². The number of fused-ring (bicyclic) bond motifs is 1. The standard InChI is InChI=1S/C26H23ClN2O2/c1-15-12-16(2)24-22(13-15)23(26(30)28-20-8-10-21(31-4)11-9-20)17(3)25(29-24)18-6-5-7-19(27)14-18/h5-14H,1-4H3,(H,28,30). The van der Waals surface area contributed by atoms with E-state index >= 15 is 0 Å². The Labute approximate surface area is 186 Å². The van der Waals surface area contributed by atoms with Crippen molar-refractivity contribution in [2.75, 3.05) is 12.4 Å². The van der Waals surface area contributed by atoms with Crippen LogP contribution in [0.5, 0.6) is 5.75 Å². The summed E-state index contributed by atoms with van der Waals surface area (Å²) in [5.41, 5.74) is 6.67. The van der Waals surface area contributed by atoms with E-state index in [0.29, 0.717) is 16.3 Å². The van der Waals surface area contributed by atoms with Gasteiger partial charge >= 0.3 is 0 Å². The highest BCUT2D eigenvalue weighted by Gasteiger charge is 2.20. The molecule has 0 aliphatic rings. The van der Waals surface area contributed by atoms with Crippen molar-refractivity contribution < 1.29 is 9.53 Å². The number of hydrogen-bond donors (Lipinski definition) is 1. The molecular weight excluding hydrogens is 408 g/mol. The van der Waals surface area contributed by atoms with E-state index in [-0.39, 0.29) is 5.91 Å². The number of benzene rings is 3. The fourth-order valence-corrected chi connectivity index (χ4v) is 4.08. The summed E-state index contributed by atoms with van der Waals surface area (Å²) in [5.74, 6) is 0.557. The van der Waals surface area contributed by atoms with Crippen molar-refractivity contribution in [1.29, 1.82) is 0 Å². The Hall–Kier alpha value is -3.37. The average molecular weight is 431 g/mol. The van der Waals surface area contributed by atoms with E-state index in [1.807, 2.05) is 75.4 Å². The highest BCUT2D eigenvalue weighted by atomic mass is 35.5. The van der Waals surface area contributed by atoms with E-state index in [4.69, 9.17) is 21.3 Å². The van der Waals surface area contributed by atoms with Crippen molar-refractivity contribution in [3.8, 4) is 17.0 Å². The lowest BCUT2D eigenvalue weighted by Crippen LogP contribution is -2.15. The summed E-state index contributed by atoms with van der Waals surface area (Å²) in [6.45, 7) is 5.98. The third-order valence-electron chi connectivity index (χ3n) is 5.34. The third kappa shape index (κ3) is 4.12. The van der Waals surface area contributed by atoms with Crippen molar-refractivity contribution in [1.82, 2.24) is 4.98 Å². The van der Waals surface area contributed by atoms with Gasteiger partial charge in [0.2, 0.25) is 0 Å². The fourth-order valence-electron chi connectivity index (χ4n) is 3.89. The van der Waals surface area contributed by atoms with Gasteiger partial charge < -0.3 is 10.1 Å². The minimum absolute atomic E-state index is 0.177. The van der Waals surface area contributed by atoms with E-state index < -0.39 is 0 Å². The number of nitrogens with one attached hydrogen (secondary N) is 1. The molecule has 3 aromatic carbocycles. The zero-order chi connectivity index (χ0) is 22.1. The molecule has 0 fully saturated rings. The summed E-state index contributed by atoms with van der Waals surface area (Å²) in [6, 6.07) is 18.9. The fraction of sp³-hybridized carbons (Fsp3) is 0.154. The molecule has 156 valence electrons. The number of hydrogen-bond acceptors (Lipinski definition) is 3. The summed E-state index contributed by atoms with van der Waals surface area (Å²) >= 11 is 6.23. The number of ether oxygens (including phenoxy) is 1. The minimum Gasteiger partial charge on any atom is -0.497 e. The Morgan fingerprint density at radius 2 is 1.74 bits per heavy atom. The van der Waals surface area contributed by atoms with Crippen molar-refractivity contribution >= 4 is 34.1 Å². The molecule has 0 spiro atoms. The van der Waals surface area contributed by atoms with Gasteiger partial charge in [-0.3, -0.25) is 4.79 Å². The summed E-state index contributed by atoms with van der Waals surface area (Å²) < 4.78 is 5.20. The lowest BCUT2D eigenvalue weighted by Gasteiger charge is -2.17. The molecule has 0 radical (unpaired) electrons. The van der Waals surface area contributed by atoms with Crippen LogP contribution >= 0.6 is 11.6 Å². The molecule has 0 bridgehead atoms. The minimum atomic E-state index is -0.177. The van der Waals surface area contributed by atoms with Gasteiger partial charge in [-0.1, -0.05) is 35.4 Å². The van der Waals surface area contributed by atoms with Crippen LogP contribution in [-0.2, 0) is 0 Å². The van der Waals surface area contributed by atoms with Crippen LogP contribution in [0.1, 0.15) is 27.0 Å². The van der Waals surface area contributed by atoms with Gasteiger partial charge in [-0.25, -0.2) is 4.98 Å². The molecule has 1 amide bonds. The summed E-state index contributed by atoms with van der Waals surface area (Å²) in [5, 5.41) is 4.49. The number of halogens is 1. The first kappa shape index (κ1) is 20.9. The molecule has 0 unspecified atom stereocenters. The number of anilines is 1. The molecule has 5 heteroatoms. The van der Waals surface area contributed by atoms with Gasteiger partial charge in [-0.05, 0) is 74.4 Å². The Kier molecular flexibility index (Phi) is 5.66. The predicted octanol–water partition coefficient (Wildman–Crippen LogP) is 6.74. The van der Waals surface area contributed by atoms with Crippen LogP contribution in [0.4, 0.5) is 5.69 Å². The van der Waals surface area contributed by atoms with Crippen LogP contribution in [0, 0.1) is 20.8 Å². The van der Waals surface area contributed by atoms with Gasteiger partial charge in [-0.2, -0.15) is 0 Å². The van der Waals surface area contributed by atoms with Gasteiger partial charge in [-0.15, -0.1) is 0 Å². The van der Waals surface area contributed by atoms with E-state index in [9.17, 15) is 4.79 Å². The molecule has 0 aliphatic heterocycles. The second-order valence-electron chi connectivity index (χ2n) is 7.63. The second-order valence-corrected chi connectivity index (χ2v) is 8.07. The van der Waals surface area contributed by atoms with Crippen molar-refractivity contribution in [2.45, 2.75) is 20.8 Å². The molecule has 31 heavy (non-hydrogen) atoms. The first-order valence-corrected chi connectivity index (χ1v) is 10.4. The van der Waals surface area contributed by atoms with Crippen LogP contribution in [0.3, 0.4) is 0 Å². The molecule has 4 nitrogen and oxygen atoms in total. The highest BCUT2D eigenvalue weighted by molar-refractivity contribution is 6.30. The normalized spacial score (nSPS) is 10.9. The zero-order valence-electron chi connectivity index (χ0n) is 17.9. The maximum Gasteiger partial charge on any atom is 0.256 e. The van der Waals surface area contributed by atoms with Gasteiger partial charge in [0.25, 0.3) is 5.91 Å². The van der Waals surface area contributed by atoms with Gasteiger partial charge in [0.05, 0.1) is 23.9 Å². The number of carbonyl (C=O) groups excluding carboxylic acids is 1. The summed E-state index contributed by atoms with van der Waals surface area (Å²) in [4.78, 5) is 18.4. The molecule has 0 aliphatic carbocycles. The van der Waals surface area contributed by atoms with Gasteiger partial charge in [0, 0.05) is 21.7 Å². The van der Waals surface area contributed by atoms with Crippen LogP contribution < -0.4 is 10.1 Å². The average Bonchev–Trinajstić information content (AvgIpc) is 2.73. The lowest BCUT2D eigenvalue weighted by molar-refractivity contribution is 0.102. The molecule has 4 aromatic rings. The predicted molar refractivity (Wildman–Crippen MR) is 127 cm³/mol. The number of nitrogens with zero attached hydrogens (tertiary/aromatic N) is 1. The third-order valence-corrected chi connectivity index (χ3v) is 5.58. The Balaban J connectivity index is 1.91. The van der Waals surface area contributed by atoms with Crippen LogP contribution in [-0.4, -0.2) is 18.0 Å². The number of aryl methyl sites for hydroxylation is 2. The molecular formula is C26H23ClN2O2. The van der Waals surface area contributed by atoms with E-state index in [1.165, 1.54) is 0 Å². The number of rotatable bonds is 4. The maximum atomic E-state index is 13.5. The Morgan fingerprint density at radius 3 is 2.42 bits per heavy atom. The second kappa shape index (κ2) is 8.40. The number of pyridine rings is 1. The van der Waals surface area contributed by atoms with E-state index in [2.05, 4.69) is 11.4 Å². The smallest absolute Gasteiger partial charge is 0.256 e. The molecule has 0 atom stereocenters. The van der Waals surface area contributed by atoms with Crippen LogP contribution in [0.2, 0.25) is 5.02 Å². The topological polar surface area (TPSA) is 51.2 Å². The molecule has 1 aromatic heterocycles. The molecule has 1 N–H and O–H groups in total. The van der Waals surface area contributed by atoms with Crippen molar-refractivity contribution in [2.24, 2.45) is 0 Å². The molecule has 0 saturated heterocycles. The largest absolute Gasteiger partial charge is 0.497 e. The van der Waals surface area contributed by atoms with Crippen LogP contribution in [0.15, 0.2) is 60.7 Å². The quantitative estimate of drug-likeness (QED) is 0.390. The lowest BCUT2D eigenvalue weighted by atomic mass is 9.94.